The first-order valence-electron chi connectivity index (χ1n) is 10.8. The Bertz CT molecular complexity index is 899. The summed E-state index contributed by atoms with van der Waals surface area (Å²) in [5.74, 6) is -1.83. The average Bonchev–Trinajstić information content (AvgIpc) is 2.93. The third-order valence-electron chi connectivity index (χ3n) is 8.62. The Hall–Kier alpha value is -2.08. The average molecular weight is 414 g/mol. The summed E-state index contributed by atoms with van der Waals surface area (Å²) in [6.45, 7) is 6.46. The monoisotopic (exact) mass is 414 g/mol. The highest BCUT2D eigenvalue weighted by atomic mass is 16.6. The maximum Gasteiger partial charge on any atom is 0.303 e. The van der Waals surface area contributed by atoms with Gasteiger partial charge < -0.3 is 9.84 Å². The second-order valence-corrected chi connectivity index (χ2v) is 10.1. The minimum Gasteiger partial charge on any atom is -0.450 e. The lowest BCUT2D eigenvalue weighted by molar-refractivity contribution is -0.197. The van der Waals surface area contributed by atoms with E-state index in [0.29, 0.717) is 12.8 Å². The van der Waals surface area contributed by atoms with Gasteiger partial charge in [0.15, 0.2) is 17.2 Å². The first-order valence-corrected chi connectivity index (χ1v) is 10.8. The van der Waals surface area contributed by atoms with Gasteiger partial charge in [-0.05, 0) is 56.1 Å². The number of allylic oxidation sites excluding steroid dienone is 4. The summed E-state index contributed by atoms with van der Waals surface area (Å²) in [6, 6.07) is 0. The van der Waals surface area contributed by atoms with Gasteiger partial charge >= 0.3 is 5.97 Å². The minimum atomic E-state index is -1.52. The van der Waals surface area contributed by atoms with Gasteiger partial charge in [-0.1, -0.05) is 25.5 Å². The van der Waals surface area contributed by atoms with Crippen molar-refractivity contribution in [1.82, 2.24) is 0 Å². The van der Waals surface area contributed by atoms with E-state index in [1.165, 1.54) is 13.8 Å². The second kappa shape index (κ2) is 6.71. The quantitative estimate of drug-likeness (QED) is 0.563. The smallest absolute Gasteiger partial charge is 0.303 e. The van der Waals surface area contributed by atoms with Gasteiger partial charge in [0.25, 0.3) is 0 Å². The highest BCUT2D eigenvalue weighted by molar-refractivity contribution is 6.39. The van der Waals surface area contributed by atoms with Crippen molar-refractivity contribution in [3.8, 4) is 0 Å². The first-order chi connectivity index (χ1) is 14.0. The molecule has 3 fully saturated rings. The van der Waals surface area contributed by atoms with Crippen LogP contribution in [0, 0.1) is 28.6 Å². The van der Waals surface area contributed by atoms with Crippen LogP contribution in [0.3, 0.4) is 0 Å². The molecule has 0 heterocycles. The number of rotatable bonds is 3. The summed E-state index contributed by atoms with van der Waals surface area (Å²) < 4.78 is 5.68. The summed E-state index contributed by atoms with van der Waals surface area (Å²) >= 11 is 0. The zero-order valence-electron chi connectivity index (χ0n) is 18.1. The van der Waals surface area contributed by atoms with Gasteiger partial charge in [0, 0.05) is 30.6 Å². The molecule has 4 aliphatic carbocycles. The van der Waals surface area contributed by atoms with Gasteiger partial charge in [0.1, 0.15) is 0 Å². The van der Waals surface area contributed by atoms with E-state index in [2.05, 4.69) is 6.92 Å². The maximum absolute atomic E-state index is 13.1. The standard InChI is InChI=1S/C24H30O6/c1-13(25)21(29)24(30-14(2)26)10-8-18-17-6-5-15-11-16(27)7-9-22(15,3)20(17)19(28)12-23(18,24)4/h7,9,11,17-20,28H,5-6,8,10,12H2,1-4H3/t17-,18-,19-,20+,22-,23-,24-/m0/s1. The highest BCUT2D eigenvalue weighted by Gasteiger charge is 2.70. The molecule has 0 aliphatic heterocycles. The molecule has 1 N–H and O–H groups in total. The van der Waals surface area contributed by atoms with Gasteiger partial charge in [-0.2, -0.15) is 0 Å². The van der Waals surface area contributed by atoms with Crippen LogP contribution in [0.15, 0.2) is 23.8 Å². The molecule has 0 aromatic heterocycles. The predicted molar refractivity (Wildman–Crippen MR) is 108 cm³/mol. The Morgan fingerprint density at radius 1 is 1.17 bits per heavy atom. The fraction of sp³-hybridized carbons (Fsp3) is 0.667. The lowest BCUT2D eigenvalue weighted by Gasteiger charge is -2.59. The topological polar surface area (TPSA) is 97.7 Å². The Labute approximate surface area is 176 Å². The molecule has 4 aliphatic rings. The fourth-order valence-electron chi connectivity index (χ4n) is 7.43. The number of hydrogen-bond donors (Lipinski definition) is 1. The predicted octanol–water partition coefficient (Wildman–Crippen LogP) is 2.73. The molecular weight excluding hydrogens is 384 g/mol. The number of Topliss-reactive ketones (excluding diaryl/α,β-unsaturated/α-hetero) is 2. The molecule has 0 amide bonds. The summed E-state index contributed by atoms with van der Waals surface area (Å²) in [5.41, 5.74) is -1.68. The molecule has 162 valence electrons. The molecule has 7 atom stereocenters. The molecule has 6 heteroatoms. The fourth-order valence-corrected chi connectivity index (χ4v) is 7.43. The molecule has 3 saturated carbocycles. The summed E-state index contributed by atoms with van der Waals surface area (Å²) in [6.07, 6.45) is 7.28. The van der Waals surface area contributed by atoms with E-state index in [-0.39, 0.29) is 30.0 Å². The van der Waals surface area contributed by atoms with Crippen molar-refractivity contribution >= 4 is 23.3 Å². The van der Waals surface area contributed by atoms with Gasteiger partial charge in [0.2, 0.25) is 5.78 Å². The van der Waals surface area contributed by atoms with Crippen LogP contribution in [0.5, 0.6) is 0 Å². The van der Waals surface area contributed by atoms with E-state index in [1.54, 1.807) is 12.2 Å². The molecular formula is C24H30O6. The highest BCUT2D eigenvalue weighted by Crippen LogP contribution is 2.67. The van der Waals surface area contributed by atoms with Gasteiger partial charge in [-0.15, -0.1) is 0 Å². The number of aliphatic hydroxyl groups excluding tert-OH is 1. The number of ketones is 3. The SMILES string of the molecule is CC(=O)O[C@]1(C(=O)C(C)=O)CC[C@H]2[C@@H]3CCC4=CC(=O)C=C[C@]4(C)[C@H]3[C@@H](O)C[C@@]21C. The molecule has 6 nitrogen and oxygen atoms in total. The molecule has 4 rings (SSSR count). The van der Waals surface area contributed by atoms with Crippen molar-refractivity contribution in [3.63, 3.8) is 0 Å². The van der Waals surface area contributed by atoms with E-state index in [4.69, 9.17) is 4.74 Å². The van der Waals surface area contributed by atoms with Gasteiger partial charge in [0.05, 0.1) is 6.10 Å². The number of ether oxygens (including phenoxy) is 1. The van der Waals surface area contributed by atoms with E-state index >= 15 is 0 Å². The molecule has 0 bridgehead atoms. The van der Waals surface area contributed by atoms with Gasteiger partial charge in [-0.3, -0.25) is 19.2 Å². The second-order valence-electron chi connectivity index (χ2n) is 10.1. The Morgan fingerprint density at radius 3 is 2.50 bits per heavy atom. The zero-order chi connectivity index (χ0) is 22.1. The van der Waals surface area contributed by atoms with E-state index in [0.717, 1.165) is 18.4 Å². The third kappa shape index (κ3) is 2.65. The van der Waals surface area contributed by atoms with Crippen molar-refractivity contribution in [3.05, 3.63) is 23.8 Å². The van der Waals surface area contributed by atoms with Crippen LogP contribution in [0.4, 0.5) is 0 Å². The third-order valence-corrected chi connectivity index (χ3v) is 8.62. The van der Waals surface area contributed by atoms with Crippen molar-refractivity contribution < 1.29 is 29.0 Å². The molecule has 0 spiro atoms. The Balaban J connectivity index is 1.78. The number of aliphatic hydroxyl groups is 1. The maximum atomic E-state index is 13.1. The molecule has 0 aromatic carbocycles. The number of carbonyl (C=O) groups excluding carboxylic acids is 4. The number of esters is 1. The number of carbonyl (C=O) groups is 4. The lowest BCUT2D eigenvalue weighted by atomic mass is 9.46. The van der Waals surface area contributed by atoms with Crippen LogP contribution in [-0.4, -0.2) is 40.1 Å². The van der Waals surface area contributed by atoms with E-state index in [1.807, 2.05) is 13.0 Å². The summed E-state index contributed by atoms with van der Waals surface area (Å²) in [7, 11) is 0. The van der Waals surface area contributed by atoms with Gasteiger partial charge in [-0.25, -0.2) is 0 Å². The van der Waals surface area contributed by atoms with Crippen molar-refractivity contribution in [1.29, 1.82) is 0 Å². The van der Waals surface area contributed by atoms with Crippen molar-refractivity contribution in [2.75, 3.05) is 0 Å². The zero-order valence-corrected chi connectivity index (χ0v) is 18.1. The van der Waals surface area contributed by atoms with Crippen LogP contribution < -0.4 is 0 Å². The van der Waals surface area contributed by atoms with E-state index in [9.17, 15) is 24.3 Å². The normalized spacial score (nSPS) is 44.4. The molecule has 0 aromatic rings. The number of fused-ring (bicyclic) bond motifs is 5. The van der Waals surface area contributed by atoms with Crippen molar-refractivity contribution in [2.24, 2.45) is 28.6 Å². The number of hydrogen-bond acceptors (Lipinski definition) is 6. The molecule has 0 radical (unpaired) electrons. The first kappa shape index (κ1) is 21.2. The van der Waals surface area contributed by atoms with Crippen LogP contribution >= 0.6 is 0 Å². The van der Waals surface area contributed by atoms with Crippen LogP contribution in [-0.2, 0) is 23.9 Å². The van der Waals surface area contributed by atoms with Crippen LogP contribution in [0.2, 0.25) is 0 Å². The molecule has 0 saturated heterocycles. The Kier molecular flexibility index (Phi) is 4.73. The lowest BCUT2D eigenvalue weighted by Crippen LogP contribution is -2.63. The van der Waals surface area contributed by atoms with Crippen LogP contribution in [0.1, 0.15) is 59.8 Å². The summed E-state index contributed by atoms with van der Waals surface area (Å²) in [4.78, 5) is 49.1. The Morgan fingerprint density at radius 2 is 1.87 bits per heavy atom. The van der Waals surface area contributed by atoms with Crippen LogP contribution in [0.25, 0.3) is 0 Å². The summed E-state index contributed by atoms with van der Waals surface area (Å²) in [5, 5.41) is 11.4. The van der Waals surface area contributed by atoms with E-state index < -0.39 is 40.1 Å². The molecule has 0 unspecified atom stereocenters. The minimum absolute atomic E-state index is 0.0159. The largest absolute Gasteiger partial charge is 0.450 e. The van der Waals surface area contributed by atoms with Crippen molar-refractivity contribution in [2.45, 2.75) is 71.5 Å². The molecule has 30 heavy (non-hydrogen) atoms.